The van der Waals surface area contributed by atoms with Gasteiger partial charge in [0.2, 0.25) is 0 Å². The van der Waals surface area contributed by atoms with E-state index in [2.05, 4.69) is 52.1 Å². The van der Waals surface area contributed by atoms with Crippen LogP contribution in [0.3, 0.4) is 0 Å². The number of hydrogen-bond donors (Lipinski definition) is 3. The molecule has 172 valence electrons. The zero-order chi connectivity index (χ0) is 23.1. The van der Waals surface area contributed by atoms with Gasteiger partial charge in [0, 0.05) is 4.88 Å². The Hall–Kier alpha value is -1.66. The van der Waals surface area contributed by atoms with E-state index >= 15 is 0 Å². The molecule has 0 fully saturated rings. The SMILES string of the molecule is CC/C(=C/CC(C)(C)C(O)(CC)CC)c1csc(COc2ccc(CO)c(CO)c2)c1. The van der Waals surface area contributed by atoms with Gasteiger partial charge in [-0.1, -0.05) is 46.8 Å². The third-order valence-corrected chi connectivity index (χ3v) is 7.50. The minimum atomic E-state index is -0.658. The van der Waals surface area contributed by atoms with Crippen LogP contribution in [-0.4, -0.2) is 20.9 Å². The first-order valence-corrected chi connectivity index (χ1v) is 12.1. The van der Waals surface area contributed by atoms with Gasteiger partial charge < -0.3 is 20.1 Å². The van der Waals surface area contributed by atoms with Gasteiger partial charge >= 0.3 is 0 Å². The maximum atomic E-state index is 11.0. The van der Waals surface area contributed by atoms with Crippen molar-refractivity contribution in [1.29, 1.82) is 0 Å². The van der Waals surface area contributed by atoms with Gasteiger partial charge in [-0.25, -0.2) is 0 Å². The highest BCUT2D eigenvalue weighted by Gasteiger charge is 2.39. The fourth-order valence-electron chi connectivity index (χ4n) is 4.01. The Kier molecular flexibility index (Phi) is 9.31. The monoisotopic (exact) mass is 446 g/mol. The van der Waals surface area contributed by atoms with E-state index in [4.69, 9.17) is 4.74 Å². The molecular weight excluding hydrogens is 408 g/mol. The quantitative estimate of drug-likeness (QED) is 0.370. The van der Waals surface area contributed by atoms with E-state index in [0.29, 0.717) is 23.5 Å². The third-order valence-electron chi connectivity index (χ3n) is 6.59. The van der Waals surface area contributed by atoms with E-state index in [-0.39, 0.29) is 18.6 Å². The molecule has 0 radical (unpaired) electrons. The summed E-state index contributed by atoms with van der Waals surface area (Å²) in [6, 6.07) is 7.56. The van der Waals surface area contributed by atoms with Crippen LogP contribution in [0.2, 0.25) is 0 Å². The van der Waals surface area contributed by atoms with Crippen LogP contribution in [0.1, 0.15) is 81.9 Å². The van der Waals surface area contributed by atoms with Crippen LogP contribution in [0, 0.1) is 5.41 Å². The molecule has 0 aliphatic carbocycles. The molecule has 5 heteroatoms. The molecule has 1 aromatic carbocycles. The highest BCUT2D eigenvalue weighted by atomic mass is 32.1. The fraction of sp³-hybridized carbons (Fsp3) is 0.538. The average molecular weight is 447 g/mol. The number of thiophene rings is 1. The predicted octanol–water partition coefficient (Wildman–Crippen LogP) is 6.07. The average Bonchev–Trinajstić information content (AvgIpc) is 3.25. The Balaban J connectivity index is 2.08. The summed E-state index contributed by atoms with van der Waals surface area (Å²) < 4.78 is 5.91. The van der Waals surface area contributed by atoms with Crippen LogP contribution in [0.15, 0.2) is 35.7 Å². The van der Waals surface area contributed by atoms with E-state index in [1.165, 1.54) is 11.1 Å². The summed E-state index contributed by atoms with van der Waals surface area (Å²) >= 11 is 1.67. The van der Waals surface area contributed by atoms with Crippen molar-refractivity contribution in [3.05, 3.63) is 57.3 Å². The summed E-state index contributed by atoms with van der Waals surface area (Å²) in [6.07, 6.45) is 5.56. The maximum Gasteiger partial charge on any atom is 0.122 e. The molecule has 1 aromatic heterocycles. The highest BCUT2D eigenvalue weighted by Crippen LogP contribution is 2.40. The van der Waals surface area contributed by atoms with E-state index < -0.39 is 5.60 Å². The van der Waals surface area contributed by atoms with Gasteiger partial charge in [0.05, 0.1) is 18.8 Å². The number of ether oxygens (including phenoxy) is 1. The smallest absolute Gasteiger partial charge is 0.122 e. The summed E-state index contributed by atoms with van der Waals surface area (Å²) in [5.41, 5.74) is 3.06. The van der Waals surface area contributed by atoms with Crippen molar-refractivity contribution >= 4 is 16.9 Å². The molecule has 0 saturated carbocycles. The zero-order valence-electron chi connectivity index (χ0n) is 19.6. The minimum absolute atomic E-state index is 0.0959. The normalized spacial score (nSPS) is 13.0. The van der Waals surface area contributed by atoms with Crippen molar-refractivity contribution in [1.82, 2.24) is 0 Å². The van der Waals surface area contributed by atoms with Crippen LogP contribution in [0.25, 0.3) is 5.57 Å². The van der Waals surface area contributed by atoms with Crippen molar-refractivity contribution in [2.24, 2.45) is 5.41 Å². The zero-order valence-corrected chi connectivity index (χ0v) is 20.4. The molecule has 0 spiro atoms. The Morgan fingerprint density at radius 3 is 2.29 bits per heavy atom. The molecule has 0 amide bonds. The molecule has 0 atom stereocenters. The van der Waals surface area contributed by atoms with Gasteiger partial charge in [0.25, 0.3) is 0 Å². The number of hydrogen-bond acceptors (Lipinski definition) is 5. The third kappa shape index (κ3) is 6.19. The van der Waals surface area contributed by atoms with Crippen molar-refractivity contribution in [3.8, 4) is 5.75 Å². The van der Waals surface area contributed by atoms with Gasteiger partial charge in [-0.05, 0) is 76.9 Å². The summed E-state index contributed by atoms with van der Waals surface area (Å²) in [4.78, 5) is 1.13. The van der Waals surface area contributed by atoms with Gasteiger partial charge in [-0.15, -0.1) is 11.3 Å². The summed E-state index contributed by atoms with van der Waals surface area (Å²) in [5.74, 6) is 0.683. The molecule has 3 N–H and O–H groups in total. The minimum Gasteiger partial charge on any atom is -0.488 e. The van der Waals surface area contributed by atoms with E-state index in [9.17, 15) is 15.3 Å². The molecule has 0 unspecified atom stereocenters. The highest BCUT2D eigenvalue weighted by molar-refractivity contribution is 7.10. The Labute approximate surface area is 191 Å². The van der Waals surface area contributed by atoms with Crippen LogP contribution in [0.5, 0.6) is 5.75 Å². The predicted molar refractivity (Wildman–Crippen MR) is 129 cm³/mol. The molecule has 2 rings (SSSR count). The van der Waals surface area contributed by atoms with Crippen molar-refractivity contribution in [3.63, 3.8) is 0 Å². The topological polar surface area (TPSA) is 69.9 Å². The summed E-state index contributed by atoms with van der Waals surface area (Å²) in [5, 5.41) is 31.9. The second-order valence-corrected chi connectivity index (χ2v) is 9.74. The van der Waals surface area contributed by atoms with Gasteiger partial charge in [-0.2, -0.15) is 0 Å². The largest absolute Gasteiger partial charge is 0.488 e. The maximum absolute atomic E-state index is 11.0. The lowest BCUT2D eigenvalue weighted by Crippen LogP contribution is -2.43. The first kappa shape index (κ1) is 25.6. The van der Waals surface area contributed by atoms with Gasteiger partial charge in [0.1, 0.15) is 12.4 Å². The Bertz CT molecular complexity index is 862. The summed E-state index contributed by atoms with van der Waals surface area (Å²) in [7, 11) is 0. The van der Waals surface area contributed by atoms with Gasteiger partial charge in [0.15, 0.2) is 0 Å². The van der Waals surface area contributed by atoms with E-state index in [1.807, 2.05) is 6.07 Å². The van der Waals surface area contributed by atoms with E-state index in [0.717, 1.165) is 30.6 Å². The number of aliphatic hydroxyl groups excluding tert-OH is 2. The first-order chi connectivity index (χ1) is 14.7. The lowest BCUT2D eigenvalue weighted by atomic mass is 9.69. The van der Waals surface area contributed by atoms with Crippen LogP contribution in [-0.2, 0) is 19.8 Å². The number of aliphatic hydroxyl groups is 3. The molecule has 0 aliphatic heterocycles. The standard InChI is InChI=1S/C26H38O4S/c1-6-19(11-12-25(4,5)26(29,7-2)8-3)22-14-24(31-18-22)17-30-23-10-9-20(15-27)21(13-23)16-28/h9-11,13-14,18,27-29H,6-8,12,15-17H2,1-5H3/b19-11-. The van der Waals surface area contributed by atoms with Crippen molar-refractivity contribution in [2.75, 3.05) is 0 Å². The van der Waals surface area contributed by atoms with Crippen molar-refractivity contribution < 1.29 is 20.1 Å². The van der Waals surface area contributed by atoms with E-state index in [1.54, 1.807) is 23.5 Å². The molecular formula is C26H38O4S. The van der Waals surface area contributed by atoms with Crippen LogP contribution < -0.4 is 4.74 Å². The lowest BCUT2D eigenvalue weighted by Gasteiger charge is -2.41. The second-order valence-electron chi connectivity index (χ2n) is 8.75. The van der Waals surface area contributed by atoms with Crippen LogP contribution in [0.4, 0.5) is 0 Å². The first-order valence-electron chi connectivity index (χ1n) is 11.2. The molecule has 31 heavy (non-hydrogen) atoms. The number of rotatable bonds is 12. The molecule has 0 saturated heterocycles. The Morgan fingerprint density at radius 2 is 1.71 bits per heavy atom. The lowest BCUT2D eigenvalue weighted by molar-refractivity contribution is -0.0716. The number of allylic oxidation sites excluding steroid dienone is 2. The molecule has 1 heterocycles. The van der Waals surface area contributed by atoms with Crippen molar-refractivity contribution in [2.45, 2.75) is 85.7 Å². The number of benzene rings is 1. The second kappa shape index (κ2) is 11.3. The molecule has 2 aromatic rings. The van der Waals surface area contributed by atoms with Crippen LogP contribution >= 0.6 is 11.3 Å². The summed E-state index contributed by atoms with van der Waals surface area (Å²) in [6.45, 7) is 10.8. The Morgan fingerprint density at radius 1 is 1.03 bits per heavy atom. The molecule has 0 aliphatic rings. The molecule has 0 bridgehead atoms. The fourth-order valence-corrected chi connectivity index (χ4v) is 4.83. The molecule has 4 nitrogen and oxygen atoms in total. The van der Waals surface area contributed by atoms with Gasteiger partial charge in [-0.3, -0.25) is 0 Å².